The molecule has 0 radical (unpaired) electrons. The van der Waals surface area contributed by atoms with Crippen LogP contribution in [0.2, 0.25) is 0 Å². The predicted octanol–water partition coefficient (Wildman–Crippen LogP) is 2.45. The third-order valence-electron chi connectivity index (χ3n) is 3.52. The highest BCUT2D eigenvalue weighted by molar-refractivity contribution is 5.93. The SMILES string of the molecule is COC(=O)c1ccc(NC(=O)COc2cccn3cc(C)nc23)cc1. The van der Waals surface area contributed by atoms with Crippen LogP contribution in [0.4, 0.5) is 5.69 Å². The van der Waals surface area contributed by atoms with Gasteiger partial charge in [-0.25, -0.2) is 9.78 Å². The van der Waals surface area contributed by atoms with Crippen LogP contribution in [0.5, 0.6) is 5.75 Å². The lowest BCUT2D eigenvalue weighted by molar-refractivity contribution is -0.118. The number of aryl methyl sites for hydroxylation is 1. The van der Waals surface area contributed by atoms with E-state index in [0.717, 1.165) is 5.69 Å². The van der Waals surface area contributed by atoms with Crippen LogP contribution in [-0.4, -0.2) is 35.0 Å². The summed E-state index contributed by atoms with van der Waals surface area (Å²) in [4.78, 5) is 27.8. The Morgan fingerprint density at radius 3 is 2.68 bits per heavy atom. The van der Waals surface area contributed by atoms with E-state index in [9.17, 15) is 9.59 Å². The van der Waals surface area contributed by atoms with Crippen LogP contribution < -0.4 is 10.1 Å². The molecule has 0 aliphatic rings. The molecule has 0 aliphatic heterocycles. The standard InChI is InChI=1S/C18H17N3O4/c1-12-10-21-9-3-4-15(17(21)19-12)25-11-16(22)20-14-7-5-13(6-8-14)18(23)24-2/h3-10H,11H2,1-2H3,(H,20,22). The zero-order valence-electron chi connectivity index (χ0n) is 13.9. The second-order valence-electron chi connectivity index (χ2n) is 5.39. The lowest BCUT2D eigenvalue weighted by Gasteiger charge is -2.08. The maximum Gasteiger partial charge on any atom is 0.337 e. The minimum absolute atomic E-state index is 0.148. The highest BCUT2D eigenvalue weighted by Gasteiger charge is 2.09. The Labute approximate surface area is 144 Å². The minimum atomic E-state index is -0.427. The summed E-state index contributed by atoms with van der Waals surface area (Å²) in [5.74, 6) is -0.202. The van der Waals surface area contributed by atoms with Gasteiger partial charge >= 0.3 is 5.97 Å². The van der Waals surface area contributed by atoms with Crippen molar-refractivity contribution in [3.8, 4) is 5.75 Å². The first-order chi connectivity index (χ1) is 12.1. The van der Waals surface area contributed by atoms with E-state index in [-0.39, 0.29) is 12.5 Å². The number of nitrogens with one attached hydrogen (secondary N) is 1. The van der Waals surface area contributed by atoms with Gasteiger partial charge in [0.25, 0.3) is 5.91 Å². The number of ether oxygens (including phenoxy) is 2. The molecule has 1 aromatic carbocycles. The van der Waals surface area contributed by atoms with Crippen molar-refractivity contribution in [3.05, 3.63) is 60.0 Å². The normalized spacial score (nSPS) is 10.5. The summed E-state index contributed by atoms with van der Waals surface area (Å²) < 4.78 is 12.0. The van der Waals surface area contributed by atoms with Gasteiger partial charge < -0.3 is 19.2 Å². The monoisotopic (exact) mass is 339 g/mol. The molecule has 2 aromatic heterocycles. The van der Waals surface area contributed by atoms with Crippen molar-refractivity contribution in [1.29, 1.82) is 0 Å². The molecule has 3 rings (SSSR count). The number of benzene rings is 1. The molecule has 7 nitrogen and oxygen atoms in total. The van der Waals surface area contributed by atoms with Gasteiger partial charge in [0.15, 0.2) is 18.0 Å². The van der Waals surface area contributed by atoms with E-state index in [1.54, 1.807) is 30.3 Å². The average molecular weight is 339 g/mol. The van der Waals surface area contributed by atoms with Crippen molar-refractivity contribution in [2.24, 2.45) is 0 Å². The Balaban J connectivity index is 1.61. The second-order valence-corrected chi connectivity index (χ2v) is 5.39. The number of aromatic nitrogens is 2. The van der Waals surface area contributed by atoms with Gasteiger partial charge in [0, 0.05) is 18.1 Å². The third kappa shape index (κ3) is 3.77. The number of methoxy groups -OCH3 is 1. The zero-order valence-corrected chi connectivity index (χ0v) is 13.9. The molecule has 0 saturated carbocycles. The summed E-state index contributed by atoms with van der Waals surface area (Å²) in [7, 11) is 1.32. The summed E-state index contributed by atoms with van der Waals surface area (Å²) >= 11 is 0. The van der Waals surface area contributed by atoms with Gasteiger partial charge in [0.1, 0.15) is 0 Å². The van der Waals surface area contributed by atoms with Crippen LogP contribution in [0.25, 0.3) is 5.65 Å². The van der Waals surface area contributed by atoms with Crippen molar-refractivity contribution >= 4 is 23.2 Å². The molecule has 0 atom stereocenters. The van der Waals surface area contributed by atoms with Gasteiger partial charge in [0.05, 0.1) is 18.4 Å². The smallest absolute Gasteiger partial charge is 0.337 e. The Bertz CT molecular complexity index is 916. The minimum Gasteiger partial charge on any atom is -0.480 e. The number of esters is 1. The molecule has 0 bridgehead atoms. The number of hydrogen-bond acceptors (Lipinski definition) is 5. The van der Waals surface area contributed by atoms with Crippen molar-refractivity contribution in [3.63, 3.8) is 0 Å². The molecular formula is C18H17N3O4. The highest BCUT2D eigenvalue weighted by Crippen LogP contribution is 2.19. The van der Waals surface area contributed by atoms with Crippen LogP contribution in [-0.2, 0) is 9.53 Å². The van der Waals surface area contributed by atoms with Gasteiger partial charge in [-0.15, -0.1) is 0 Å². The van der Waals surface area contributed by atoms with Crippen LogP contribution >= 0.6 is 0 Å². The molecule has 25 heavy (non-hydrogen) atoms. The molecule has 1 N–H and O–H groups in total. The molecule has 1 amide bonds. The number of carbonyl (C=O) groups is 2. The van der Waals surface area contributed by atoms with Crippen LogP contribution in [0, 0.1) is 6.92 Å². The van der Waals surface area contributed by atoms with Crippen molar-refractivity contribution < 1.29 is 19.1 Å². The fourth-order valence-electron chi connectivity index (χ4n) is 2.37. The van der Waals surface area contributed by atoms with Crippen molar-refractivity contribution in [2.75, 3.05) is 19.0 Å². The van der Waals surface area contributed by atoms with E-state index in [0.29, 0.717) is 22.6 Å². The van der Waals surface area contributed by atoms with Gasteiger partial charge in [0.2, 0.25) is 0 Å². The molecule has 0 aliphatic carbocycles. The van der Waals surface area contributed by atoms with Crippen molar-refractivity contribution in [2.45, 2.75) is 6.92 Å². The summed E-state index contributed by atoms with van der Waals surface area (Å²) in [5, 5.41) is 2.71. The molecule has 0 saturated heterocycles. The zero-order chi connectivity index (χ0) is 17.8. The molecule has 0 unspecified atom stereocenters. The third-order valence-corrected chi connectivity index (χ3v) is 3.52. The Morgan fingerprint density at radius 1 is 1.20 bits per heavy atom. The fraction of sp³-hybridized carbons (Fsp3) is 0.167. The number of pyridine rings is 1. The number of imidazole rings is 1. The predicted molar refractivity (Wildman–Crippen MR) is 91.8 cm³/mol. The van der Waals surface area contributed by atoms with Gasteiger partial charge in [-0.3, -0.25) is 4.79 Å². The summed E-state index contributed by atoms with van der Waals surface area (Å²) in [6.07, 6.45) is 3.75. The highest BCUT2D eigenvalue weighted by atomic mass is 16.5. The molecule has 128 valence electrons. The molecule has 0 spiro atoms. The maximum atomic E-state index is 12.0. The molecular weight excluding hydrogens is 322 g/mol. The first-order valence-corrected chi connectivity index (χ1v) is 7.62. The summed E-state index contributed by atoms with van der Waals surface area (Å²) in [6, 6.07) is 10.0. The number of anilines is 1. The Kier molecular flexibility index (Phi) is 4.65. The number of fused-ring (bicyclic) bond motifs is 1. The quantitative estimate of drug-likeness (QED) is 0.722. The molecule has 2 heterocycles. The molecule has 0 fully saturated rings. The Morgan fingerprint density at radius 2 is 1.96 bits per heavy atom. The number of amides is 1. The lowest BCUT2D eigenvalue weighted by atomic mass is 10.2. The van der Waals surface area contributed by atoms with E-state index in [2.05, 4.69) is 15.0 Å². The van der Waals surface area contributed by atoms with E-state index < -0.39 is 5.97 Å². The summed E-state index contributed by atoms with van der Waals surface area (Å²) in [5.41, 5.74) is 2.51. The van der Waals surface area contributed by atoms with Gasteiger partial charge in [-0.1, -0.05) is 0 Å². The fourth-order valence-corrected chi connectivity index (χ4v) is 2.37. The summed E-state index contributed by atoms with van der Waals surface area (Å²) in [6.45, 7) is 1.74. The van der Waals surface area contributed by atoms with E-state index in [4.69, 9.17) is 4.74 Å². The van der Waals surface area contributed by atoms with Gasteiger partial charge in [-0.2, -0.15) is 0 Å². The number of rotatable bonds is 5. The van der Waals surface area contributed by atoms with Crippen molar-refractivity contribution in [1.82, 2.24) is 9.38 Å². The average Bonchev–Trinajstić information content (AvgIpc) is 3.00. The Hall–Kier alpha value is -3.35. The second kappa shape index (κ2) is 7.04. The van der Waals surface area contributed by atoms with E-state index in [1.165, 1.54) is 7.11 Å². The molecule has 7 heteroatoms. The first-order valence-electron chi connectivity index (χ1n) is 7.62. The van der Waals surface area contributed by atoms with Gasteiger partial charge in [-0.05, 0) is 43.3 Å². The van der Waals surface area contributed by atoms with Crippen LogP contribution in [0.15, 0.2) is 48.8 Å². The first kappa shape index (κ1) is 16.5. The maximum absolute atomic E-state index is 12.0. The van der Waals surface area contributed by atoms with Crippen LogP contribution in [0.3, 0.4) is 0 Å². The topological polar surface area (TPSA) is 81.9 Å². The molecule has 3 aromatic rings. The van der Waals surface area contributed by atoms with E-state index >= 15 is 0 Å². The van der Waals surface area contributed by atoms with Crippen LogP contribution in [0.1, 0.15) is 16.1 Å². The number of nitrogens with zero attached hydrogens (tertiary/aromatic N) is 2. The lowest BCUT2D eigenvalue weighted by Crippen LogP contribution is -2.20. The largest absolute Gasteiger partial charge is 0.480 e. The number of hydrogen-bond donors (Lipinski definition) is 1. The van der Waals surface area contributed by atoms with E-state index in [1.807, 2.05) is 29.8 Å². The number of carbonyl (C=O) groups excluding carboxylic acids is 2.